The summed E-state index contributed by atoms with van der Waals surface area (Å²) in [4.78, 5) is 10.5. The molecule has 1 aromatic rings. The Hall–Kier alpha value is -1.14. The highest BCUT2D eigenvalue weighted by Gasteiger charge is 1.90. The Morgan fingerprint density at radius 1 is 1.69 bits per heavy atom. The van der Waals surface area contributed by atoms with Crippen molar-refractivity contribution in [2.75, 3.05) is 5.75 Å². The number of thioether (sulfide) groups is 1. The largest absolute Gasteiger partial charge is 0.471 e. The van der Waals surface area contributed by atoms with Crippen LogP contribution in [0.5, 0.6) is 0 Å². The molecule has 0 aliphatic rings. The second-order valence-corrected chi connectivity index (χ2v) is 3.68. The standard InChI is InChI=1S/C10H10O2S/c1-9(11)13-7-3-2-4-10-5-6-12-8-10/h5-6,8H,3,7H2,1H3. The third kappa shape index (κ3) is 4.44. The van der Waals surface area contributed by atoms with Crippen LogP contribution in [0.4, 0.5) is 0 Å². The highest BCUT2D eigenvalue weighted by Crippen LogP contribution is 2.02. The van der Waals surface area contributed by atoms with E-state index in [1.807, 2.05) is 6.07 Å². The number of rotatable bonds is 2. The predicted octanol–water partition coefficient (Wildman–Crippen LogP) is 2.30. The molecule has 0 aliphatic heterocycles. The van der Waals surface area contributed by atoms with Gasteiger partial charge in [0, 0.05) is 19.1 Å². The van der Waals surface area contributed by atoms with Gasteiger partial charge in [0.25, 0.3) is 0 Å². The summed E-state index contributed by atoms with van der Waals surface area (Å²) in [6.07, 6.45) is 3.93. The monoisotopic (exact) mass is 194 g/mol. The molecule has 0 atom stereocenters. The van der Waals surface area contributed by atoms with Crippen LogP contribution in [0.25, 0.3) is 0 Å². The predicted molar refractivity (Wildman–Crippen MR) is 53.3 cm³/mol. The summed E-state index contributed by atoms with van der Waals surface area (Å²) >= 11 is 1.30. The van der Waals surface area contributed by atoms with Crippen molar-refractivity contribution < 1.29 is 9.21 Å². The number of carbonyl (C=O) groups excluding carboxylic acids is 1. The molecule has 0 N–H and O–H groups in total. The molecular weight excluding hydrogens is 184 g/mol. The molecule has 1 heterocycles. The van der Waals surface area contributed by atoms with Gasteiger partial charge >= 0.3 is 0 Å². The number of hydrogen-bond donors (Lipinski definition) is 0. The molecule has 0 amide bonds. The van der Waals surface area contributed by atoms with E-state index in [0.717, 1.165) is 17.7 Å². The normalized spacial score (nSPS) is 9.00. The van der Waals surface area contributed by atoms with Gasteiger partial charge in [-0.3, -0.25) is 4.79 Å². The van der Waals surface area contributed by atoms with Crippen LogP contribution < -0.4 is 0 Å². The van der Waals surface area contributed by atoms with Crippen molar-refractivity contribution in [1.29, 1.82) is 0 Å². The van der Waals surface area contributed by atoms with Crippen LogP contribution in [-0.2, 0) is 4.79 Å². The first-order valence-corrected chi connectivity index (χ1v) is 4.92. The lowest BCUT2D eigenvalue weighted by molar-refractivity contribution is -0.109. The number of hydrogen-bond acceptors (Lipinski definition) is 3. The van der Waals surface area contributed by atoms with Crippen LogP contribution in [0.15, 0.2) is 23.0 Å². The maximum absolute atomic E-state index is 10.5. The smallest absolute Gasteiger partial charge is 0.185 e. The van der Waals surface area contributed by atoms with Crippen molar-refractivity contribution in [3.63, 3.8) is 0 Å². The maximum Gasteiger partial charge on any atom is 0.185 e. The first-order valence-electron chi connectivity index (χ1n) is 3.93. The molecule has 0 saturated heterocycles. The van der Waals surface area contributed by atoms with Gasteiger partial charge in [0.2, 0.25) is 0 Å². The third-order valence-corrected chi connectivity index (χ3v) is 2.10. The lowest BCUT2D eigenvalue weighted by Gasteiger charge is -1.87. The molecule has 1 aromatic heterocycles. The quantitative estimate of drug-likeness (QED) is 0.534. The van der Waals surface area contributed by atoms with Crippen molar-refractivity contribution in [1.82, 2.24) is 0 Å². The summed E-state index contributed by atoms with van der Waals surface area (Å²) < 4.78 is 4.85. The molecule has 0 aliphatic carbocycles. The molecule has 13 heavy (non-hydrogen) atoms. The Bertz CT molecular complexity index is 316. The molecule has 0 saturated carbocycles. The van der Waals surface area contributed by atoms with E-state index in [1.165, 1.54) is 11.8 Å². The van der Waals surface area contributed by atoms with Gasteiger partial charge in [-0.1, -0.05) is 23.6 Å². The Balaban J connectivity index is 2.22. The topological polar surface area (TPSA) is 30.2 Å². The highest BCUT2D eigenvalue weighted by molar-refractivity contribution is 8.13. The highest BCUT2D eigenvalue weighted by atomic mass is 32.2. The van der Waals surface area contributed by atoms with Gasteiger partial charge in [-0.05, 0) is 6.07 Å². The zero-order valence-corrected chi connectivity index (χ0v) is 8.19. The van der Waals surface area contributed by atoms with E-state index >= 15 is 0 Å². The van der Waals surface area contributed by atoms with Crippen molar-refractivity contribution in [2.24, 2.45) is 0 Å². The zero-order chi connectivity index (χ0) is 9.52. The van der Waals surface area contributed by atoms with Crippen LogP contribution in [0.1, 0.15) is 18.9 Å². The molecule has 0 bridgehead atoms. The van der Waals surface area contributed by atoms with E-state index in [4.69, 9.17) is 4.42 Å². The van der Waals surface area contributed by atoms with E-state index in [2.05, 4.69) is 11.8 Å². The molecule has 0 spiro atoms. The SMILES string of the molecule is CC(=O)SCCC#Cc1ccoc1. The molecular formula is C10H10O2S. The molecule has 0 aromatic carbocycles. The van der Waals surface area contributed by atoms with Gasteiger partial charge in [0.05, 0.1) is 11.8 Å². The van der Waals surface area contributed by atoms with Crippen LogP contribution in [0.2, 0.25) is 0 Å². The van der Waals surface area contributed by atoms with Crippen LogP contribution in [-0.4, -0.2) is 10.9 Å². The Labute approximate surface area is 81.7 Å². The molecule has 2 nitrogen and oxygen atoms in total. The molecule has 0 radical (unpaired) electrons. The van der Waals surface area contributed by atoms with E-state index in [0.29, 0.717) is 0 Å². The van der Waals surface area contributed by atoms with E-state index < -0.39 is 0 Å². The minimum Gasteiger partial charge on any atom is -0.471 e. The van der Waals surface area contributed by atoms with E-state index in [1.54, 1.807) is 19.5 Å². The molecule has 0 unspecified atom stereocenters. The van der Waals surface area contributed by atoms with E-state index in [-0.39, 0.29) is 5.12 Å². The molecule has 0 fully saturated rings. The van der Waals surface area contributed by atoms with Crippen molar-refractivity contribution in [3.05, 3.63) is 24.2 Å². The fourth-order valence-corrected chi connectivity index (χ4v) is 1.24. The van der Waals surface area contributed by atoms with Gasteiger partial charge in [-0.2, -0.15) is 0 Å². The Morgan fingerprint density at radius 3 is 3.15 bits per heavy atom. The summed E-state index contributed by atoms with van der Waals surface area (Å²) in [5.41, 5.74) is 0.882. The number of furan rings is 1. The van der Waals surface area contributed by atoms with Crippen LogP contribution >= 0.6 is 11.8 Å². The summed E-state index contributed by atoms with van der Waals surface area (Å²) in [5.74, 6) is 6.65. The van der Waals surface area contributed by atoms with Crippen molar-refractivity contribution in [2.45, 2.75) is 13.3 Å². The zero-order valence-electron chi connectivity index (χ0n) is 7.37. The molecule has 1 rings (SSSR count). The van der Waals surface area contributed by atoms with Crippen molar-refractivity contribution >= 4 is 16.9 Å². The number of carbonyl (C=O) groups is 1. The average Bonchev–Trinajstić information content (AvgIpc) is 2.55. The maximum atomic E-state index is 10.5. The first-order chi connectivity index (χ1) is 6.29. The van der Waals surface area contributed by atoms with Gasteiger partial charge in [0.1, 0.15) is 6.26 Å². The van der Waals surface area contributed by atoms with Gasteiger partial charge in [-0.25, -0.2) is 0 Å². The van der Waals surface area contributed by atoms with E-state index in [9.17, 15) is 4.79 Å². The van der Waals surface area contributed by atoms with Crippen LogP contribution in [0, 0.1) is 11.8 Å². The average molecular weight is 194 g/mol. The summed E-state index contributed by atoms with van der Waals surface area (Å²) in [6.45, 7) is 1.56. The molecule has 68 valence electrons. The van der Waals surface area contributed by atoms with Crippen molar-refractivity contribution in [3.8, 4) is 11.8 Å². The first kappa shape index (κ1) is 9.94. The van der Waals surface area contributed by atoms with Crippen LogP contribution in [0.3, 0.4) is 0 Å². The summed E-state index contributed by atoms with van der Waals surface area (Å²) in [7, 11) is 0. The van der Waals surface area contributed by atoms with Gasteiger partial charge in [-0.15, -0.1) is 0 Å². The summed E-state index contributed by atoms with van der Waals surface area (Å²) in [6, 6.07) is 1.81. The lowest BCUT2D eigenvalue weighted by atomic mass is 10.3. The fourth-order valence-electron chi connectivity index (χ4n) is 0.746. The second-order valence-electron chi connectivity index (χ2n) is 2.40. The van der Waals surface area contributed by atoms with Gasteiger partial charge in [0.15, 0.2) is 5.12 Å². The minimum absolute atomic E-state index is 0.144. The minimum atomic E-state index is 0.144. The Morgan fingerprint density at radius 2 is 2.54 bits per heavy atom. The third-order valence-electron chi connectivity index (χ3n) is 1.29. The second kappa shape index (κ2) is 5.50. The summed E-state index contributed by atoms with van der Waals surface area (Å²) in [5, 5.41) is 0.144. The fraction of sp³-hybridized carbons (Fsp3) is 0.300. The van der Waals surface area contributed by atoms with Gasteiger partial charge < -0.3 is 4.42 Å². The Kier molecular flexibility index (Phi) is 4.20. The lowest BCUT2D eigenvalue weighted by Crippen LogP contribution is -1.83. The molecule has 3 heteroatoms.